The molecule has 0 aromatic carbocycles. The zero-order valence-electron chi connectivity index (χ0n) is 8.60. The number of hydrogen-bond donors (Lipinski definition) is 3. The molecular weight excluding hydrogens is 200 g/mol. The summed E-state index contributed by atoms with van der Waals surface area (Å²) in [7, 11) is 1.26. The molecule has 5 N–H and O–H groups in total. The maximum atomic E-state index is 11.1. The maximum absolute atomic E-state index is 11.1. The van der Waals surface area contributed by atoms with E-state index in [4.69, 9.17) is 11.5 Å². The van der Waals surface area contributed by atoms with Crippen LogP contribution in [0.15, 0.2) is 4.99 Å². The van der Waals surface area contributed by atoms with Crippen molar-refractivity contribution in [2.45, 2.75) is 24.9 Å². The molecule has 86 valence electrons. The second-order valence-electron chi connectivity index (χ2n) is 3.32. The van der Waals surface area contributed by atoms with E-state index in [2.05, 4.69) is 20.1 Å². The van der Waals surface area contributed by atoms with Crippen LogP contribution in [0.25, 0.3) is 0 Å². The smallest absolute Gasteiger partial charge is 0.358 e. The highest BCUT2D eigenvalue weighted by Crippen LogP contribution is 2.05. The Morgan fingerprint density at radius 2 is 2.53 bits per heavy atom. The van der Waals surface area contributed by atoms with E-state index in [0.29, 0.717) is 25.3 Å². The second kappa shape index (κ2) is 5.52. The number of carbonyl (C=O) groups excluding carboxylic acids is 1. The van der Waals surface area contributed by atoms with Crippen molar-refractivity contribution in [3.63, 3.8) is 0 Å². The molecule has 0 saturated carbocycles. The van der Waals surface area contributed by atoms with Gasteiger partial charge in [-0.25, -0.2) is 4.79 Å². The zero-order chi connectivity index (χ0) is 11.3. The van der Waals surface area contributed by atoms with Gasteiger partial charge in [-0.15, -0.1) is 0 Å². The molecule has 1 rings (SSSR count). The van der Waals surface area contributed by atoms with Crippen LogP contribution >= 0.6 is 0 Å². The predicted molar refractivity (Wildman–Crippen MR) is 53.7 cm³/mol. The van der Waals surface area contributed by atoms with Crippen LogP contribution in [-0.2, 0) is 14.6 Å². The Morgan fingerprint density at radius 3 is 3.07 bits per heavy atom. The average Bonchev–Trinajstić information content (AvgIpc) is 2.61. The average molecular weight is 216 g/mol. The molecule has 2 atom stereocenters. The van der Waals surface area contributed by atoms with Gasteiger partial charge in [0.2, 0.25) is 0 Å². The number of nitrogens with one attached hydrogen (secondary N) is 1. The van der Waals surface area contributed by atoms with E-state index in [1.54, 1.807) is 0 Å². The van der Waals surface area contributed by atoms with E-state index in [0.717, 1.165) is 0 Å². The summed E-state index contributed by atoms with van der Waals surface area (Å²) in [6.07, 6.45) is 1.22. The first kappa shape index (κ1) is 11.7. The Balaban J connectivity index is 2.17. The van der Waals surface area contributed by atoms with Gasteiger partial charge in [-0.05, 0) is 12.8 Å². The van der Waals surface area contributed by atoms with Gasteiger partial charge in [-0.2, -0.15) is 4.89 Å². The van der Waals surface area contributed by atoms with Crippen molar-refractivity contribution in [2.75, 3.05) is 13.7 Å². The van der Waals surface area contributed by atoms with Crippen LogP contribution in [0.5, 0.6) is 0 Å². The van der Waals surface area contributed by atoms with E-state index in [-0.39, 0.29) is 6.04 Å². The van der Waals surface area contributed by atoms with E-state index < -0.39 is 12.0 Å². The summed E-state index contributed by atoms with van der Waals surface area (Å²) < 4.78 is 0. The number of guanidine groups is 1. The van der Waals surface area contributed by atoms with Crippen molar-refractivity contribution in [1.82, 2.24) is 5.32 Å². The summed E-state index contributed by atoms with van der Waals surface area (Å²) >= 11 is 0. The molecule has 0 amide bonds. The van der Waals surface area contributed by atoms with Gasteiger partial charge < -0.3 is 16.8 Å². The Bertz CT molecular complexity index is 256. The van der Waals surface area contributed by atoms with Crippen LogP contribution in [0.2, 0.25) is 0 Å². The van der Waals surface area contributed by atoms with Gasteiger partial charge in [0.15, 0.2) is 5.96 Å². The van der Waals surface area contributed by atoms with E-state index >= 15 is 0 Å². The topological polar surface area (TPSA) is 112 Å². The Kier molecular flexibility index (Phi) is 4.32. The summed E-state index contributed by atoms with van der Waals surface area (Å²) in [4.78, 5) is 23.6. The second-order valence-corrected chi connectivity index (χ2v) is 3.32. The minimum Gasteiger partial charge on any atom is -0.370 e. The fraction of sp³-hybridized carbons (Fsp3) is 0.750. The number of hydrogen-bond acceptors (Lipinski definition) is 7. The molecule has 0 bridgehead atoms. The van der Waals surface area contributed by atoms with Crippen LogP contribution in [0.1, 0.15) is 12.8 Å². The van der Waals surface area contributed by atoms with E-state index in [9.17, 15) is 4.79 Å². The molecule has 2 unspecified atom stereocenters. The molecule has 1 aliphatic rings. The normalized spacial score (nSPS) is 21.7. The molecule has 0 fully saturated rings. The first-order chi connectivity index (χ1) is 7.13. The third kappa shape index (κ3) is 3.72. The fourth-order valence-corrected chi connectivity index (χ4v) is 1.31. The number of rotatable bonds is 5. The summed E-state index contributed by atoms with van der Waals surface area (Å²) in [5.74, 6) is -0.127. The summed E-state index contributed by atoms with van der Waals surface area (Å²) in [5.41, 5.74) is 11.0. The number of nitrogens with zero attached hydrogens (tertiary/aromatic N) is 1. The fourth-order valence-electron chi connectivity index (χ4n) is 1.31. The van der Waals surface area contributed by atoms with Crippen molar-refractivity contribution in [3.05, 3.63) is 0 Å². The Morgan fingerprint density at radius 1 is 1.80 bits per heavy atom. The predicted octanol–water partition coefficient (Wildman–Crippen LogP) is -1.51. The minimum absolute atomic E-state index is 0.159. The van der Waals surface area contributed by atoms with Crippen molar-refractivity contribution in [2.24, 2.45) is 16.5 Å². The van der Waals surface area contributed by atoms with Gasteiger partial charge in [0.1, 0.15) is 6.04 Å². The summed E-state index contributed by atoms with van der Waals surface area (Å²) in [5, 5.41) is 2.97. The van der Waals surface area contributed by atoms with Crippen LogP contribution < -0.4 is 16.8 Å². The maximum Gasteiger partial charge on any atom is 0.358 e. The van der Waals surface area contributed by atoms with Gasteiger partial charge in [0, 0.05) is 6.04 Å². The first-order valence-electron chi connectivity index (χ1n) is 4.70. The number of nitrogens with two attached hydrogens (primary N) is 2. The molecule has 15 heavy (non-hydrogen) atoms. The van der Waals surface area contributed by atoms with Crippen molar-refractivity contribution < 1.29 is 14.6 Å². The quantitative estimate of drug-likeness (QED) is 0.380. The Labute approximate surface area is 87.7 Å². The van der Waals surface area contributed by atoms with E-state index in [1.165, 1.54) is 7.11 Å². The standard InChI is InChI=1S/C8H16N4O3/c1-14-15-7(13)6(9)3-2-5-4-11-8(10)12-5/h5-6H,2-4,9H2,1H3,(H3,10,11,12). The molecule has 0 aromatic rings. The highest BCUT2D eigenvalue weighted by molar-refractivity contribution is 5.79. The highest BCUT2D eigenvalue weighted by Gasteiger charge is 2.20. The zero-order valence-corrected chi connectivity index (χ0v) is 8.60. The molecule has 7 nitrogen and oxygen atoms in total. The minimum atomic E-state index is -0.673. The lowest BCUT2D eigenvalue weighted by Gasteiger charge is -2.13. The van der Waals surface area contributed by atoms with Crippen molar-refractivity contribution in [1.29, 1.82) is 0 Å². The van der Waals surface area contributed by atoms with Crippen molar-refractivity contribution >= 4 is 11.9 Å². The van der Waals surface area contributed by atoms with Crippen LogP contribution in [0.4, 0.5) is 0 Å². The molecule has 0 aromatic heterocycles. The molecule has 1 heterocycles. The molecule has 7 heteroatoms. The third-order valence-corrected chi connectivity index (χ3v) is 2.13. The lowest BCUT2D eigenvalue weighted by molar-refractivity contribution is -0.256. The molecule has 1 aliphatic heterocycles. The first-order valence-corrected chi connectivity index (χ1v) is 4.70. The lowest BCUT2D eigenvalue weighted by Crippen LogP contribution is -2.38. The molecule has 0 spiro atoms. The van der Waals surface area contributed by atoms with Crippen LogP contribution in [0, 0.1) is 0 Å². The molecule has 0 aliphatic carbocycles. The molecule has 0 radical (unpaired) electrons. The summed E-state index contributed by atoms with van der Waals surface area (Å²) in [6, 6.07) is -0.514. The molecule has 0 saturated heterocycles. The van der Waals surface area contributed by atoms with Crippen molar-refractivity contribution in [3.8, 4) is 0 Å². The van der Waals surface area contributed by atoms with Gasteiger partial charge in [0.05, 0.1) is 13.7 Å². The monoisotopic (exact) mass is 216 g/mol. The largest absolute Gasteiger partial charge is 0.370 e. The molecular formula is C8H16N4O3. The van der Waals surface area contributed by atoms with E-state index in [1.807, 2.05) is 0 Å². The SMILES string of the molecule is COOC(=O)C(N)CCC1CN=C(N)N1. The third-order valence-electron chi connectivity index (χ3n) is 2.13. The van der Waals surface area contributed by atoms with Gasteiger partial charge in [0.25, 0.3) is 0 Å². The van der Waals surface area contributed by atoms with Gasteiger partial charge in [-0.3, -0.25) is 9.88 Å². The summed E-state index contributed by atoms with van der Waals surface area (Å²) in [6.45, 7) is 0.623. The Hall–Kier alpha value is -1.34. The van der Waals surface area contributed by atoms with Gasteiger partial charge in [-0.1, -0.05) is 0 Å². The van der Waals surface area contributed by atoms with Gasteiger partial charge >= 0.3 is 5.97 Å². The number of carbonyl (C=O) groups is 1. The van der Waals surface area contributed by atoms with Crippen LogP contribution in [-0.4, -0.2) is 37.7 Å². The number of aliphatic imine (C=N–C) groups is 1. The highest BCUT2D eigenvalue weighted by atomic mass is 17.2. The van der Waals surface area contributed by atoms with Crippen LogP contribution in [0.3, 0.4) is 0 Å². The lowest BCUT2D eigenvalue weighted by atomic mass is 10.1.